The van der Waals surface area contributed by atoms with Crippen molar-refractivity contribution in [1.29, 1.82) is 0 Å². The van der Waals surface area contributed by atoms with E-state index in [4.69, 9.17) is 5.73 Å². The van der Waals surface area contributed by atoms with Gasteiger partial charge < -0.3 is 15.2 Å². The van der Waals surface area contributed by atoms with Gasteiger partial charge in [-0.15, -0.1) is 0 Å². The fourth-order valence-electron chi connectivity index (χ4n) is 3.24. The second-order valence-electron chi connectivity index (χ2n) is 6.08. The van der Waals surface area contributed by atoms with Crippen molar-refractivity contribution in [2.24, 2.45) is 5.41 Å². The molecule has 0 bridgehead atoms. The summed E-state index contributed by atoms with van der Waals surface area (Å²) in [5.74, 6) is 0. The molecule has 2 heterocycles. The number of aryl methyl sites for hydroxylation is 1. The van der Waals surface area contributed by atoms with Crippen molar-refractivity contribution >= 4 is 5.69 Å². The summed E-state index contributed by atoms with van der Waals surface area (Å²) in [4.78, 5) is 14.2. The first kappa shape index (κ1) is 15.1. The number of likely N-dealkylation sites (tertiary alicyclic amines) is 1. The molecule has 0 saturated carbocycles. The van der Waals surface area contributed by atoms with E-state index < -0.39 is 0 Å². The van der Waals surface area contributed by atoms with Gasteiger partial charge >= 0.3 is 0 Å². The Bertz CT molecular complexity index is 491. The molecule has 1 fully saturated rings. The van der Waals surface area contributed by atoms with Crippen molar-refractivity contribution in [2.75, 3.05) is 25.4 Å². The minimum Gasteiger partial charge on any atom is -0.398 e. The van der Waals surface area contributed by atoms with Crippen molar-refractivity contribution in [3.05, 3.63) is 28.7 Å². The molecule has 2 N–H and O–H groups in total. The van der Waals surface area contributed by atoms with Gasteiger partial charge in [0.1, 0.15) is 0 Å². The quantitative estimate of drug-likeness (QED) is 0.868. The molecule has 112 valence electrons. The number of nitrogens with zero attached hydrogens (tertiary/aromatic N) is 2. The lowest BCUT2D eigenvalue weighted by atomic mass is 9.82. The first-order valence-electron chi connectivity index (χ1n) is 7.77. The van der Waals surface area contributed by atoms with E-state index in [0.717, 1.165) is 19.5 Å². The Balaban J connectivity index is 1.82. The maximum absolute atomic E-state index is 11.7. The molecule has 0 aromatic carbocycles. The average molecular weight is 277 g/mol. The van der Waals surface area contributed by atoms with Crippen molar-refractivity contribution in [3.8, 4) is 0 Å². The highest BCUT2D eigenvalue weighted by molar-refractivity contribution is 5.33. The SMILES string of the molecule is CCC1(CC)CCN(CCCn2cc(N)ccc2=O)C1. The summed E-state index contributed by atoms with van der Waals surface area (Å²) < 4.78 is 1.72. The fourth-order valence-corrected chi connectivity index (χ4v) is 3.24. The maximum Gasteiger partial charge on any atom is 0.250 e. The second-order valence-corrected chi connectivity index (χ2v) is 6.08. The summed E-state index contributed by atoms with van der Waals surface area (Å²) in [5.41, 5.74) is 6.95. The van der Waals surface area contributed by atoms with Crippen LogP contribution in [0.15, 0.2) is 23.1 Å². The Morgan fingerprint density at radius 1 is 1.25 bits per heavy atom. The summed E-state index contributed by atoms with van der Waals surface area (Å²) >= 11 is 0. The third kappa shape index (κ3) is 3.42. The van der Waals surface area contributed by atoms with Gasteiger partial charge in [0, 0.05) is 31.0 Å². The number of nitrogen functional groups attached to an aromatic ring is 1. The van der Waals surface area contributed by atoms with Gasteiger partial charge in [0.05, 0.1) is 0 Å². The molecule has 4 heteroatoms. The fraction of sp³-hybridized carbons (Fsp3) is 0.688. The van der Waals surface area contributed by atoms with Crippen LogP contribution in [0.25, 0.3) is 0 Å². The van der Waals surface area contributed by atoms with Crippen LogP contribution in [0.4, 0.5) is 5.69 Å². The molecule has 0 atom stereocenters. The average Bonchev–Trinajstić information content (AvgIpc) is 2.87. The predicted octanol–water partition coefficient (Wildman–Crippen LogP) is 2.33. The zero-order valence-corrected chi connectivity index (χ0v) is 12.8. The Morgan fingerprint density at radius 3 is 2.65 bits per heavy atom. The molecule has 20 heavy (non-hydrogen) atoms. The van der Waals surface area contributed by atoms with Gasteiger partial charge in [-0.3, -0.25) is 4.79 Å². The normalized spacial score (nSPS) is 18.5. The lowest BCUT2D eigenvalue weighted by Gasteiger charge is -2.26. The number of aromatic nitrogens is 1. The maximum atomic E-state index is 11.7. The van der Waals surface area contributed by atoms with E-state index in [9.17, 15) is 4.79 Å². The molecule has 1 aliphatic rings. The van der Waals surface area contributed by atoms with E-state index in [-0.39, 0.29) is 5.56 Å². The van der Waals surface area contributed by atoms with E-state index in [1.807, 2.05) is 0 Å². The number of anilines is 1. The third-order valence-corrected chi connectivity index (χ3v) is 4.90. The molecule has 0 amide bonds. The van der Waals surface area contributed by atoms with Crippen LogP contribution >= 0.6 is 0 Å². The largest absolute Gasteiger partial charge is 0.398 e. The van der Waals surface area contributed by atoms with Crippen LogP contribution < -0.4 is 11.3 Å². The summed E-state index contributed by atoms with van der Waals surface area (Å²) in [5, 5.41) is 0. The summed E-state index contributed by atoms with van der Waals surface area (Å²) in [6.45, 7) is 8.85. The van der Waals surface area contributed by atoms with Gasteiger partial charge in [-0.1, -0.05) is 13.8 Å². The lowest BCUT2D eigenvalue weighted by Crippen LogP contribution is -2.28. The van der Waals surface area contributed by atoms with Crippen molar-refractivity contribution in [1.82, 2.24) is 9.47 Å². The minimum atomic E-state index is 0.0390. The first-order chi connectivity index (χ1) is 9.58. The summed E-state index contributed by atoms with van der Waals surface area (Å²) in [6, 6.07) is 3.21. The number of hydrogen-bond donors (Lipinski definition) is 1. The van der Waals surface area contributed by atoms with E-state index >= 15 is 0 Å². The van der Waals surface area contributed by atoms with Gasteiger partial charge in [-0.25, -0.2) is 0 Å². The Morgan fingerprint density at radius 2 is 2.00 bits per heavy atom. The highest BCUT2D eigenvalue weighted by atomic mass is 16.1. The minimum absolute atomic E-state index is 0.0390. The monoisotopic (exact) mass is 277 g/mol. The molecule has 1 aromatic rings. The number of nitrogens with two attached hydrogens (primary N) is 1. The van der Waals surface area contributed by atoms with E-state index in [0.29, 0.717) is 11.1 Å². The molecular formula is C16H27N3O. The van der Waals surface area contributed by atoms with Gasteiger partial charge in [-0.2, -0.15) is 0 Å². The standard InChI is InChI=1S/C16H27N3O/c1-3-16(4-2)8-11-18(13-16)9-5-10-19-12-14(17)6-7-15(19)20/h6-7,12H,3-5,8-11,13,17H2,1-2H3. The van der Waals surface area contributed by atoms with E-state index in [1.165, 1.54) is 32.4 Å². The van der Waals surface area contributed by atoms with Crippen LogP contribution in [-0.2, 0) is 6.54 Å². The van der Waals surface area contributed by atoms with Gasteiger partial charge in [0.25, 0.3) is 5.56 Å². The van der Waals surface area contributed by atoms with Crippen molar-refractivity contribution in [3.63, 3.8) is 0 Å². The van der Waals surface area contributed by atoms with Gasteiger partial charge in [0.2, 0.25) is 0 Å². The first-order valence-corrected chi connectivity index (χ1v) is 7.77. The lowest BCUT2D eigenvalue weighted by molar-refractivity contribution is 0.237. The van der Waals surface area contributed by atoms with Crippen LogP contribution in [0.5, 0.6) is 0 Å². The van der Waals surface area contributed by atoms with Gasteiger partial charge in [-0.05, 0) is 50.3 Å². The molecule has 1 aliphatic heterocycles. The molecule has 4 nitrogen and oxygen atoms in total. The molecule has 0 aliphatic carbocycles. The van der Waals surface area contributed by atoms with E-state index in [2.05, 4.69) is 18.7 Å². The Hall–Kier alpha value is -1.29. The third-order valence-electron chi connectivity index (χ3n) is 4.90. The number of rotatable bonds is 6. The second kappa shape index (κ2) is 6.44. The Kier molecular flexibility index (Phi) is 4.86. The summed E-state index contributed by atoms with van der Waals surface area (Å²) in [6.07, 6.45) is 6.61. The van der Waals surface area contributed by atoms with Crippen LogP contribution in [0, 0.1) is 5.41 Å². The molecule has 2 rings (SSSR count). The molecular weight excluding hydrogens is 250 g/mol. The van der Waals surface area contributed by atoms with Gasteiger partial charge in [0.15, 0.2) is 0 Å². The van der Waals surface area contributed by atoms with Crippen LogP contribution in [-0.4, -0.2) is 29.1 Å². The van der Waals surface area contributed by atoms with Crippen molar-refractivity contribution < 1.29 is 0 Å². The molecule has 1 saturated heterocycles. The molecule has 1 aromatic heterocycles. The smallest absolute Gasteiger partial charge is 0.250 e. The molecule has 0 spiro atoms. The molecule has 0 radical (unpaired) electrons. The summed E-state index contributed by atoms with van der Waals surface area (Å²) in [7, 11) is 0. The van der Waals surface area contributed by atoms with Crippen LogP contribution in [0.3, 0.4) is 0 Å². The van der Waals surface area contributed by atoms with E-state index in [1.54, 1.807) is 22.9 Å². The highest BCUT2D eigenvalue weighted by Crippen LogP contribution is 2.36. The number of pyridine rings is 1. The van der Waals surface area contributed by atoms with Crippen molar-refractivity contribution in [2.45, 2.75) is 46.1 Å². The molecule has 0 unspecified atom stereocenters. The number of hydrogen-bond acceptors (Lipinski definition) is 3. The Labute approximate surface area is 121 Å². The predicted molar refractivity (Wildman–Crippen MR) is 83.8 cm³/mol. The topological polar surface area (TPSA) is 51.3 Å². The zero-order valence-electron chi connectivity index (χ0n) is 12.8. The van der Waals surface area contributed by atoms with Crippen LogP contribution in [0.2, 0.25) is 0 Å². The van der Waals surface area contributed by atoms with Crippen LogP contribution in [0.1, 0.15) is 39.5 Å². The zero-order chi connectivity index (χ0) is 14.6. The highest BCUT2D eigenvalue weighted by Gasteiger charge is 2.34.